The Bertz CT molecular complexity index is 689. The molecular formula is C15H16N2O4. The van der Waals surface area contributed by atoms with Crippen molar-refractivity contribution in [3.05, 3.63) is 41.6 Å². The van der Waals surface area contributed by atoms with Crippen LogP contribution < -0.4 is 9.47 Å². The van der Waals surface area contributed by atoms with Crippen molar-refractivity contribution in [2.75, 3.05) is 7.11 Å². The molecular weight excluding hydrogens is 272 g/mol. The number of aliphatic carboxylic acids is 1. The molecule has 0 bridgehead atoms. The number of hydrogen-bond acceptors (Lipinski definition) is 4. The lowest BCUT2D eigenvalue weighted by Gasteiger charge is -2.10. The number of hydrogen-bond donors (Lipinski definition) is 1. The molecule has 2 rings (SSSR count). The van der Waals surface area contributed by atoms with Gasteiger partial charge in [-0.15, -0.1) is 0 Å². The molecule has 0 atom stereocenters. The van der Waals surface area contributed by atoms with Crippen LogP contribution in [0.25, 0.3) is 6.08 Å². The van der Waals surface area contributed by atoms with Gasteiger partial charge in [0.25, 0.3) is 0 Å². The van der Waals surface area contributed by atoms with E-state index in [0.717, 1.165) is 6.08 Å². The fourth-order valence-corrected chi connectivity index (χ4v) is 1.93. The molecule has 0 saturated heterocycles. The molecule has 6 nitrogen and oxygen atoms in total. The molecule has 1 heterocycles. The van der Waals surface area contributed by atoms with Gasteiger partial charge in [0.1, 0.15) is 0 Å². The Morgan fingerprint density at radius 1 is 1.33 bits per heavy atom. The van der Waals surface area contributed by atoms with Crippen LogP contribution in [-0.4, -0.2) is 28.0 Å². The number of carboxylic acids is 1. The minimum atomic E-state index is -1.03. The summed E-state index contributed by atoms with van der Waals surface area (Å²) in [6, 6.07) is 7.22. The maximum atomic E-state index is 10.7. The van der Waals surface area contributed by atoms with Crippen LogP contribution in [0.15, 0.2) is 30.3 Å². The lowest BCUT2D eigenvalue weighted by Crippen LogP contribution is -1.97. The third-order valence-corrected chi connectivity index (χ3v) is 2.88. The van der Waals surface area contributed by atoms with E-state index in [1.807, 2.05) is 12.1 Å². The number of aryl methyl sites for hydroxylation is 2. The topological polar surface area (TPSA) is 73.6 Å². The molecule has 110 valence electrons. The summed E-state index contributed by atoms with van der Waals surface area (Å²) in [5, 5.41) is 13.0. The number of benzene rings is 1. The highest BCUT2D eigenvalue weighted by molar-refractivity contribution is 5.86. The van der Waals surface area contributed by atoms with Gasteiger partial charge in [-0.2, -0.15) is 5.10 Å². The second-order valence-electron chi connectivity index (χ2n) is 4.35. The first kappa shape index (κ1) is 14.6. The largest absolute Gasteiger partial charge is 0.493 e. The number of aromatic nitrogens is 2. The first-order valence-electron chi connectivity index (χ1n) is 6.28. The minimum Gasteiger partial charge on any atom is -0.493 e. The Morgan fingerprint density at radius 3 is 2.62 bits per heavy atom. The first-order valence-corrected chi connectivity index (χ1v) is 6.28. The lowest BCUT2D eigenvalue weighted by atomic mass is 10.2. The molecule has 6 heteroatoms. The molecule has 2 aromatic rings. The molecule has 0 amide bonds. The first-order chi connectivity index (χ1) is 10.0. The summed E-state index contributed by atoms with van der Waals surface area (Å²) in [6.45, 7) is 1.79. The molecule has 0 aliphatic rings. The molecule has 0 radical (unpaired) electrons. The zero-order valence-electron chi connectivity index (χ0n) is 12.0. The van der Waals surface area contributed by atoms with Crippen molar-refractivity contribution in [3.8, 4) is 17.4 Å². The van der Waals surface area contributed by atoms with Gasteiger partial charge in [-0.25, -0.2) is 9.48 Å². The molecule has 1 aromatic heterocycles. The summed E-state index contributed by atoms with van der Waals surface area (Å²) in [6.07, 6.45) is 2.52. The van der Waals surface area contributed by atoms with E-state index < -0.39 is 5.97 Å². The number of methoxy groups -OCH3 is 1. The predicted molar refractivity (Wildman–Crippen MR) is 77.7 cm³/mol. The number of carboxylic acid groups (broad SMARTS) is 1. The van der Waals surface area contributed by atoms with Gasteiger partial charge in [0, 0.05) is 13.1 Å². The summed E-state index contributed by atoms with van der Waals surface area (Å²) in [5.41, 5.74) is 1.30. The molecule has 0 saturated carbocycles. The molecule has 0 unspecified atom stereocenters. The molecule has 0 aliphatic heterocycles. The lowest BCUT2D eigenvalue weighted by molar-refractivity contribution is -0.131. The van der Waals surface area contributed by atoms with Gasteiger partial charge in [0.2, 0.25) is 5.88 Å². The summed E-state index contributed by atoms with van der Waals surface area (Å²) in [7, 11) is 3.29. The highest BCUT2D eigenvalue weighted by Gasteiger charge is 2.15. The van der Waals surface area contributed by atoms with Crippen molar-refractivity contribution in [3.63, 3.8) is 0 Å². The Morgan fingerprint density at radius 2 is 2.00 bits per heavy atom. The van der Waals surface area contributed by atoms with E-state index in [1.165, 1.54) is 6.08 Å². The van der Waals surface area contributed by atoms with E-state index in [-0.39, 0.29) is 0 Å². The van der Waals surface area contributed by atoms with Crippen molar-refractivity contribution < 1.29 is 19.4 Å². The molecule has 21 heavy (non-hydrogen) atoms. The van der Waals surface area contributed by atoms with Gasteiger partial charge >= 0.3 is 5.97 Å². The van der Waals surface area contributed by atoms with Crippen LogP contribution >= 0.6 is 0 Å². The quantitative estimate of drug-likeness (QED) is 0.856. The van der Waals surface area contributed by atoms with E-state index in [9.17, 15) is 4.79 Å². The SMILES string of the molecule is COc1ccccc1Oc1c(C=CC(=O)O)c(C)nn1C. The Kier molecular flexibility index (Phi) is 4.27. The average Bonchev–Trinajstić information content (AvgIpc) is 2.71. The van der Waals surface area contributed by atoms with Crippen LogP contribution in [0.4, 0.5) is 0 Å². The molecule has 0 aliphatic carbocycles. The zero-order valence-corrected chi connectivity index (χ0v) is 12.0. The smallest absolute Gasteiger partial charge is 0.328 e. The number of ether oxygens (including phenoxy) is 2. The number of para-hydroxylation sites is 2. The fraction of sp³-hybridized carbons (Fsp3) is 0.200. The monoisotopic (exact) mass is 288 g/mol. The second kappa shape index (κ2) is 6.13. The molecule has 0 fully saturated rings. The van der Waals surface area contributed by atoms with Gasteiger partial charge < -0.3 is 14.6 Å². The van der Waals surface area contributed by atoms with Crippen molar-refractivity contribution in [2.24, 2.45) is 7.05 Å². The van der Waals surface area contributed by atoms with Crippen LogP contribution in [0.1, 0.15) is 11.3 Å². The summed E-state index contributed by atoms with van der Waals surface area (Å²) in [5.74, 6) is 0.550. The third-order valence-electron chi connectivity index (χ3n) is 2.88. The zero-order chi connectivity index (χ0) is 15.4. The normalized spacial score (nSPS) is 10.8. The van der Waals surface area contributed by atoms with Crippen LogP contribution in [0.3, 0.4) is 0 Å². The molecule has 0 spiro atoms. The molecule has 1 aromatic carbocycles. The van der Waals surface area contributed by atoms with Crippen LogP contribution in [0, 0.1) is 6.92 Å². The van der Waals surface area contributed by atoms with E-state index in [1.54, 1.807) is 37.9 Å². The summed E-state index contributed by atoms with van der Waals surface area (Å²) >= 11 is 0. The summed E-state index contributed by atoms with van der Waals surface area (Å²) < 4.78 is 12.6. The maximum absolute atomic E-state index is 10.7. The Hall–Kier alpha value is -2.76. The Balaban J connectivity index is 2.42. The van der Waals surface area contributed by atoms with E-state index in [2.05, 4.69) is 5.10 Å². The highest BCUT2D eigenvalue weighted by atomic mass is 16.5. The number of carbonyl (C=O) groups is 1. The summed E-state index contributed by atoms with van der Waals surface area (Å²) in [4.78, 5) is 10.7. The van der Waals surface area contributed by atoms with Crippen molar-refractivity contribution in [1.82, 2.24) is 9.78 Å². The highest BCUT2D eigenvalue weighted by Crippen LogP contribution is 2.33. The van der Waals surface area contributed by atoms with Gasteiger partial charge in [0.05, 0.1) is 18.4 Å². The Labute approximate surface area is 122 Å². The fourth-order valence-electron chi connectivity index (χ4n) is 1.93. The molecule has 1 N–H and O–H groups in total. The maximum Gasteiger partial charge on any atom is 0.328 e. The van der Waals surface area contributed by atoms with Gasteiger partial charge in [-0.05, 0) is 25.1 Å². The second-order valence-corrected chi connectivity index (χ2v) is 4.35. The predicted octanol–water partition coefficient (Wildman–Crippen LogP) is 2.63. The van der Waals surface area contributed by atoms with Crippen LogP contribution in [0.5, 0.6) is 17.4 Å². The van der Waals surface area contributed by atoms with Crippen LogP contribution in [-0.2, 0) is 11.8 Å². The van der Waals surface area contributed by atoms with E-state index >= 15 is 0 Å². The van der Waals surface area contributed by atoms with Gasteiger partial charge in [-0.3, -0.25) is 0 Å². The standard InChI is InChI=1S/C15H16N2O4/c1-10-11(8-9-14(18)19)15(17(2)16-10)21-13-7-5-4-6-12(13)20-3/h4-9H,1-3H3,(H,18,19). The average molecular weight is 288 g/mol. The van der Waals surface area contributed by atoms with Crippen molar-refractivity contribution in [1.29, 1.82) is 0 Å². The third kappa shape index (κ3) is 3.22. The van der Waals surface area contributed by atoms with Gasteiger partial charge in [-0.1, -0.05) is 12.1 Å². The van der Waals surface area contributed by atoms with E-state index in [4.69, 9.17) is 14.6 Å². The van der Waals surface area contributed by atoms with Crippen molar-refractivity contribution >= 4 is 12.0 Å². The van der Waals surface area contributed by atoms with E-state index in [0.29, 0.717) is 28.6 Å². The minimum absolute atomic E-state index is 0.453. The number of nitrogens with zero attached hydrogens (tertiary/aromatic N) is 2. The van der Waals surface area contributed by atoms with Gasteiger partial charge in [0.15, 0.2) is 11.5 Å². The number of rotatable bonds is 5. The van der Waals surface area contributed by atoms with Crippen molar-refractivity contribution in [2.45, 2.75) is 6.92 Å². The van der Waals surface area contributed by atoms with Crippen LogP contribution in [0.2, 0.25) is 0 Å².